The number of halogens is 3. The van der Waals surface area contributed by atoms with E-state index in [0.717, 1.165) is 35.4 Å². The summed E-state index contributed by atoms with van der Waals surface area (Å²) in [5.74, 6) is -0.215. The minimum atomic E-state index is -0.705. The molecule has 0 amide bonds. The van der Waals surface area contributed by atoms with Crippen LogP contribution in [0.1, 0.15) is 22.7 Å². The van der Waals surface area contributed by atoms with E-state index in [1.165, 1.54) is 0 Å². The van der Waals surface area contributed by atoms with Crippen molar-refractivity contribution in [3.8, 4) is 5.75 Å². The standard InChI is InChI=1S/C15H12BrF2NO/c16-11-7-12(17)10(6-13(11)18)15(19)9-1-2-14-8(5-9)3-4-20-14/h1-2,5-7,15H,3-4,19H2. The number of benzene rings is 2. The van der Waals surface area contributed by atoms with E-state index >= 15 is 0 Å². The number of hydrogen-bond acceptors (Lipinski definition) is 2. The molecule has 1 aliphatic heterocycles. The highest BCUT2D eigenvalue weighted by Gasteiger charge is 2.19. The third-order valence-electron chi connectivity index (χ3n) is 3.45. The van der Waals surface area contributed by atoms with Crippen LogP contribution < -0.4 is 10.5 Å². The zero-order chi connectivity index (χ0) is 14.3. The van der Waals surface area contributed by atoms with Crippen molar-refractivity contribution in [3.63, 3.8) is 0 Å². The highest BCUT2D eigenvalue weighted by Crippen LogP contribution is 2.31. The Hall–Kier alpha value is -1.46. The van der Waals surface area contributed by atoms with Crippen LogP contribution in [0.3, 0.4) is 0 Å². The third-order valence-corrected chi connectivity index (χ3v) is 4.05. The second kappa shape index (κ2) is 5.14. The molecule has 1 aliphatic rings. The van der Waals surface area contributed by atoms with Crippen LogP contribution in [0.25, 0.3) is 0 Å². The molecule has 1 heterocycles. The van der Waals surface area contributed by atoms with Gasteiger partial charge in [0.25, 0.3) is 0 Å². The van der Waals surface area contributed by atoms with Gasteiger partial charge in [0.05, 0.1) is 17.1 Å². The predicted octanol–water partition coefficient (Wildman–Crippen LogP) is 3.71. The Morgan fingerprint density at radius 3 is 2.75 bits per heavy atom. The maximum absolute atomic E-state index is 13.9. The van der Waals surface area contributed by atoms with Crippen molar-refractivity contribution in [1.29, 1.82) is 0 Å². The summed E-state index contributed by atoms with van der Waals surface area (Å²) in [5.41, 5.74) is 8.01. The molecule has 2 aromatic rings. The Bertz CT molecular complexity index is 675. The molecule has 2 aromatic carbocycles. The zero-order valence-electron chi connectivity index (χ0n) is 10.5. The minimum absolute atomic E-state index is 0.0910. The van der Waals surface area contributed by atoms with Gasteiger partial charge in [-0.3, -0.25) is 0 Å². The fraction of sp³-hybridized carbons (Fsp3) is 0.200. The van der Waals surface area contributed by atoms with Gasteiger partial charge in [-0.15, -0.1) is 0 Å². The Morgan fingerprint density at radius 1 is 1.15 bits per heavy atom. The molecule has 2 N–H and O–H groups in total. The maximum atomic E-state index is 13.9. The van der Waals surface area contributed by atoms with Crippen LogP contribution in [0.4, 0.5) is 8.78 Å². The van der Waals surface area contributed by atoms with Gasteiger partial charge < -0.3 is 10.5 Å². The van der Waals surface area contributed by atoms with Crippen molar-refractivity contribution in [3.05, 3.63) is 63.1 Å². The second-order valence-electron chi connectivity index (χ2n) is 4.73. The first kappa shape index (κ1) is 13.5. The Labute approximate surface area is 123 Å². The van der Waals surface area contributed by atoms with Crippen molar-refractivity contribution in [2.24, 2.45) is 5.73 Å². The number of nitrogens with two attached hydrogens (primary N) is 1. The molecular weight excluding hydrogens is 328 g/mol. The van der Waals surface area contributed by atoms with Crippen LogP contribution in [0, 0.1) is 11.6 Å². The first-order chi connectivity index (χ1) is 9.56. The minimum Gasteiger partial charge on any atom is -0.493 e. The normalized spacial score (nSPS) is 14.8. The molecule has 3 rings (SSSR count). The summed E-state index contributed by atoms with van der Waals surface area (Å²) < 4.78 is 33.0. The SMILES string of the molecule is NC(c1ccc2c(c1)CCO2)c1cc(F)c(Br)cc1F. The quantitative estimate of drug-likeness (QED) is 0.846. The molecule has 1 unspecified atom stereocenters. The van der Waals surface area contributed by atoms with Crippen LogP contribution in [0.5, 0.6) is 5.75 Å². The molecule has 5 heteroatoms. The lowest BCUT2D eigenvalue weighted by Gasteiger charge is -2.15. The summed E-state index contributed by atoms with van der Waals surface area (Å²) in [6.45, 7) is 0.648. The summed E-state index contributed by atoms with van der Waals surface area (Å²) >= 11 is 2.95. The van der Waals surface area contributed by atoms with Crippen LogP contribution in [-0.2, 0) is 6.42 Å². The van der Waals surface area contributed by atoms with Gasteiger partial charge in [-0.2, -0.15) is 0 Å². The van der Waals surface area contributed by atoms with E-state index in [2.05, 4.69) is 15.9 Å². The summed E-state index contributed by atoms with van der Waals surface area (Å²) in [6.07, 6.45) is 0.813. The van der Waals surface area contributed by atoms with Crippen molar-refractivity contribution in [2.45, 2.75) is 12.5 Å². The molecule has 1 atom stereocenters. The summed E-state index contributed by atoms with van der Waals surface area (Å²) in [4.78, 5) is 0. The van der Waals surface area contributed by atoms with Gasteiger partial charge >= 0.3 is 0 Å². The van der Waals surface area contributed by atoms with E-state index in [4.69, 9.17) is 10.5 Å². The Kier molecular flexibility index (Phi) is 3.48. The van der Waals surface area contributed by atoms with Crippen LogP contribution in [-0.4, -0.2) is 6.61 Å². The van der Waals surface area contributed by atoms with E-state index in [1.807, 2.05) is 12.1 Å². The third kappa shape index (κ3) is 2.31. The van der Waals surface area contributed by atoms with E-state index in [1.54, 1.807) is 6.07 Å². The molecule has 0 saturated heterocycles. The number of fused-ring (bicyclic) bond motifs is 1. The zero-order valence-corrected chi connectivity index (χ0v) is 12.1. The summed E-state index contributed by atoms with van der Waals surface area (Å²) in [5, 5.41) is 0. The van der Waals surface area contributed by atoms with Crippen molar-refractivity contribution in [1.82, 2.24) is 0 Å². The molecule has 104 valence electrons. The molecule has 0 fully saturated rings. The van der Waals surface area contributed by atoms with E-state index in [9.17, 15) is 8.78 Å². The average molecular weight is 340 g/mol. The first-order valence-electron chi connectivity index (χ1n) is 6.22. The van der Waals surface area contributed by atoms with Gasteiger partial charge in [0.1, 0.15) is 17.4 Å². The number of ether oxygens (including phenoxy) is 1. The van der Waals surface area contributed by atoms with Crippen LogP contribution in [0.2, 0.25) is 0 Å². The fourth-order valence-corrected chi connectivity index (χ4v) is 2.67. The molecule has 0 aliphatic carbocycles. The Balaban J connectivity index is 2.00. The van der Waals surface area contributed by atoms with Crippen molar-refractivity contribution in [2.75, 3.05) is 6.61 Å². The average Bonchev–Trinajstić information content (AvgIpc) is 2.89. The fourth-order valence-electron chi connectivity index (χ4n) is 2.36. The largest absolute Gasteiger partial charge is 0.493 e. The van der Waals surface area contributed by atoms with Gasteiger partial charge in [0.15, 0.2) is 0 Å². The second-order valence-corrected chi connectivity index (χ2v) is 5.59. The smallest absolute Gasteiger partial charge is 0.137 e. The van der Waals surface area contributed by atoms with Gasteiger partial charge in [0, 0.05) is 12.0 Å². The lowest BCUT2D eigenvalue weighted by molar-refractivity contribution is 0.357. The Morgan fingerprint density at radius 2 is 1.95 bits per heavy atom. The monoisotopic (exact) mass is 339 g/mol. The number of hydrogen-bond donors (Lipinski definition) is 1. The molecule has 0 spiro atoms. The molecule has 20 heavy (non-hydrogen) atoms. The lowest BCUT2D eigenvalue weighted by atomic mass is 9.97. The highest BCUT2D eigenvalue weighted by molar-refractivity contribution is 9.10. The molecule has 2 nitrogen and oxygen atoms in total. The molecule has 0 aromatic heterocycles. The van der Waals surface area contributed by atoms with Crippen molar-refractivity contribution >= 4 is 15.9 Å². The molecular formula is C15H12BrF2NO. The highest BCUT2D eigenvalue weighted by atomic mass is 79.9. The summed E-state index contributed by atoms with van der Waals surface area (Å²) in [6, 6.07) is 7.03. The van der Waals surface area contributed by atoms with E-state index in [0.29, 0.717) is 6.61 Å². The first-order valence-corrected chi connectivity index (χ1v) is 7.01. The van der Waals surface area contributed by atoms with E-state index < -0.39 is 17.7 Å². The molecule has 0 bridgehead atoms. The van der Waals surface area contributed by atoms with Gasteiger partial charge in [0.2, 0.25) is 0 Å². The topological polar surface area (TPSA) is 35.2 Å². The van der Waals surface area contributed by atoms with E-state index in [-0.39, 0.29) is 10.0 Å². The van der Waals surface area contributed by atoms with Crippen LogP contribution in [0.15, 0.2) is 34.8 Å². The molecule has 0 radical (unpaired) electrons. The predicted molar refractivity (Wildman–Crippen MR) is 75.7 cm³/mol. The number of rotatable bonds is 2. The molecule has 0 saturated carbocycles. The van der Waals surface area contributed by atoms with Gasteiger partial charge in [-0.25, -0.2) is 8.78 Å². The van der Waals surface area contributed by atoms with Gasteiger partial charge in [-0.05, 0) is 45.3 Å². The van der Waals surface area contributed by atoms with Crippen molar-refractivity contribution < 1.29 is 13.5 Å². The summed E-state index contributed by atoms with van der Waals surface area (Å²) in [7, 11) is 0. The maximum Gasteiger partial charge on any atom is 0.137 e. The van der Waals surface area contributed by atoms with Crippen LogP contribution >= 0.6 is 15.9 Å². The lowest BCUT2D eigenvalue weighted by Crippen LogP contribution is -2.14. The van der Waals surface area contributed by atoms with Gasteiger partial charge in [-0.1, -0.05) is 12.1 Å².